The highest BCUT2D eigenvalue weighted by atomic mass is 16.5. The maximum Gasteiger partial charge on any atom is 0.326 e. The maximum atomic E-state index is 11.7. The predicted molar refractivity (Wildman–Crippen MR) is 56.1 cm³/mol. The molecule has 0 atom stereocenters. The molecule has 82 valence electrons. The van der Waals surface area contributed by atoms with E-state index in [9.17, 15) is 4.79 Å². The molecule has 1 saturated carbocycles. The zero-order valence-corrected chi connectivity index (χ0v) is 9.43. The first-order valence-corrected chi connectivity index (χ1v) is 5.57. The molecule has 3 nitrogen and oxygen atoms in total. The fraction of sp³-hybridized carbons (Fsp3) is 0.909. The second-order valence-electron chi connectivity index (χ2n) is 4.24. The van der Waals surface area contributed by atoms with Crippen molar-refractivity contribution in [2.45, 2.75) is 45.6 Å². The third kappa shape index (κ3) is 2.27. The van der Waals surface area contributed by atoms with Gasteiger partial charge >= 0.3 is 5.97 Å². The summed E-state index contributed by atoms with van der Waals surface area (Å²) in [6, 6.07) is 0. The van der Waals surface area contributed by atoms with Crippen molar-refractivity contribution in [2.24, 2.45) is 5.92 Å². The summed E-state index contributed by atoms with van der Waals surface area (Å²) in [4.78, 5) is 11.7. The zero-order chi connectivity index (χ0) is 10.6. The van der Waals surface area contributed by atoms with Gasteiger partial charge in [-0.25, -0.2) is 0 Å². The van der Waals surface area contributed by atoms with E-state index < -0.39 is 0 Å². The molecule has 0 spiro atoms. The molecular formula is C11H21NO2. The Hall–Kier alpha value is -0.570. The van der Waals surface area contributed by atoms with E-state index in [2.05, 4.69) is 19.2 Å². The minimum atomic E-state index is -0.356. The van der Waals surface area contributed by atoms with Crippen LogP contribution < -0.4 is 5.32 Å². The number of rotatable bonds is 5. The highest BCUT2D eigenvalue weighted by molar-refractivity contribution is 5.82. The van der Waals surface area contributed by atoms with Gasteiger partial charge in [0.25, 0.3) is 0 Å². The van der Waals surface area contributed by atoms with Crippen molar-refractivity contribution in [3.8, 4) is 0 Å². The summed E-state index contributed by atoms with van der Waals surface area (Å²) in [6.07, 6.45) is 2.90. The molecule has 0 bridgehead atoms. The number of hydrogen-bond donors (Lipinski definition) is 1. The van der Waals surface area contributed by atoms with Crippen molar-refractivity contribution < 1.29 is 9.53 Å². The van der Waals surface area contributed by atoms with Crippen LogP contribution in [-0.2, 0) is 9.53 Å². The number of carbonyl (C=O) groups excluding carboxylic acids is 1. The number of hydrogen-bond acceptors (Lipinski definition) is 3. The second-order valence-corrected chi connectivity index (χ2v) is 4.24. The zero-order valence-electron chi connectivity index (χ0n) is 9.43. The van der Waals surface area contributed by atoms with Crippen LogP contribution in [-0.4, -0.2) is 24.7 Å². The molecular weight excluding hydrogens is 178 g/mol. The van der Waals surface area contributed by atoms with Gasteiger partial charge in [0, 0.05) is 0 Å². The summed E-state index contributed by atoms with van der Waals surface area (Å²) in [5, 5.41) is 3.32. The fourth-order valence-electron chi connectivity index (χ4n) is 2.15. The minimum Gasteiger partial charge on any atom is -0.465 e. The highest BCUT2D eigenvalue weighted by Gasteiger charge is 2.48. The molecule has 0 unspecified atom stereocenters. The molecule has 0 amide bonds. The van der Waals surface area contributed by atoms with Gasteiger partial charge in [-0.3, -0.25) is 4.79 Å². The molecule has 0 radical (unpaired) electrons. The maximum absolute atomic E-state index is 11.7. The topological polar surface area (TPSA) is 38.3 Å². The highest BCUT2D eigenvalue weighted by Crippen LogP contribution is 2.38. The van der Waals surface area contributed by atoms with E-state index in [1.54, 1.807) is 0 Å². The molecule has 0 aromatic rings. The molecule has 0 aromatic carbocycles. The van der Waals surface area contributed by atoms with Crippen molar-refractivity contribution >= 4 is 5.97 Å². The van der Waals surface area contributed by atoms with E-state index in [1.807, 2.05) is 6.92 Å². The van der Waals surface area contributed by atoms with Crippen LogP contribution in [0, 0.1) is 5.92 Å². The molecule has 0 saturated heterocycles. The standard InChI is InChI=1S/C11H21NO2/c1-4-6-12-11(7-9(3)8-11)10(13)14-5-2/h9,12H,4-8H2,1-3H3. The van der Waals surface area contributed by atoms with Crippen LogP contribution in [0.5, 0.6) is 0 Å². The predicted octanol–water partition coefficient (Wildman–Crippen LogP) is 1.72. The van der Waals surface area contributed by atoms with Crippen molar-refractivity contribution in [1.29, 1.82) is 0 Å². The summed E-state index contributed by atoms with van der Waals surface area (Å²) in [7, 11) is 0. The molecule has 0 aromatic heterocycles. The van der Waals surface area contributed by atoms with E-state index in [1.165, 1.54) is 0 Å². The van der Waals surface area contributed by atoms with Crippen LogP contribution in [0.3, 0.4) is 0 Å². The van der Waals surface area contributed by atoms with Crippen LogP contribution in [0.2, 0.25) is 0 Å². The summed E-state index contributed by atoms with van der Waals surface area (Å²) in [5.74, 6) is 0.579. The smallest absolute Gasteiger partial charge is 0.326 e. The van der Waals surface area contributed by atoms with E-state index >= 15 is 0 Å². The number of nitrogens with one attached hydrogen (secondary N) is 1. The van der Waals surface area contributed by atoms with E-state index in [4.69, 9.17) is 4.74 Å². The van der Waals surface area contributed by atoms with Crippen molar-refractivity contribution in [3.63, 3.8) is 0 Å². The van der Waals surface area contributed by atoms with Crippen LogP contribution in [0.4, 0.5) is 0 Å². The molecule has 1 fully saturated rings. The minimum absolute atomic E-state index is 0.0634. The van der Waals surface area contributed by atoms with Gasteiger partial charge in [0.05, 0.1) is 6.61 Å². The Kier molecular flexibility index (Phi) is 3.93. The SMILES string of the molecule is CCCNC1(C(=O)OCC)CC(C)C1. The first kappa shape index (κ1) is 11.5. The molecule has 3 heteroatoms. The first-order valence-electron chi connectivity index (χ1n) is 5.57. The molecule has 0 heterocycles. The third-order valence-electron chi connectivity index (χ3n) is 2.77. The van der Waals surface area contributed by atoms with Gasteiger partial charge in [0.15, 0.2) is 0 Å². The van der Waals surface area contributed by atoms with Gasteiger partial charge in [-0.05, 0) is 38.6 Å². The van der Waals surface area contributed by atoms with Gasteiger partial charge in [-0.2, -0.15) is 0 Å². The summed E-state index contributed by atoms with van der Waals surface area (Å²) in [5.41, 5.74) is -0.356. The van der Waals surface area contributed by atoms with Gasteiger partial charge in [-0.15, -0.1) is 0 Å². The Morgan fingerprint density at radius 3 is 2.57 bits per heavy atom. The Morgan fingerprint density at radius 2 is 2.14 bits per heavy atom. The Bertz CT molecular complexity index is 197. The van der Waals surface area contributed by atoms with Crippen molar-refractivity contribution in [2.75, 3.05) is 13.2 Å². The van der Waals surface area contributed by atoms with Gasteiger partial charge in [0.1, 0.15) is 5.54 Å². The quantitative estimate of drug-likeness (QED) is 0.685. The van der Waals surface area contributed by atoms with Gasteiger partial charge in [-0.1, -0.05) is 13.8 Å². The van der Waals surface area contributed by atoms with Crippen LogP contribution in [0.1, 0.15) is 40.0 Å². The lowest BCUT2D eigenvalue weighted by molar-refractivity contribution is -0.157. The average Bonchev–Trinajstić information content (AvgIpc) is 2.10. The van der Waals surface area contributed by atoms with E-state index in [0.29, 0.717) is 12.5 Å². The molecule has 1 N–H and O–H groups in total. The average molecular weight is 199 g/mol. The Morgan fingerprint density at radius 1 is 1.50 bits per heavy atom. The summed E-state index contributed by atoms with van der Waals surface area (Å²) in [6.45, 7) is 7.50. The van der Waals surface area contributed by atoms with Crippen molar-refractivity contribution in [1.82, 2.24) is 5.32 Å². The number of ether oxygens (including phenoxy) is 1. The molecule has 1 aliphatic rings. The molecule has 1 rings (SSSR count). The first-order chi connectivity index (χ1) is 6.64. The Labute approximate surface area is 86.2 Å². The fourth-order valence-corrected chi connectivity index (χ4v) is 2.15. The number of carbonyl (C=O) groups is 1. The van der Waals surface area contributed by atoms with Crippen LogP contribution >= 0.6 is 0 Å². The van der Waals surface area contributed by atoms with Crippen LogP contribution in [0.25, 0.3) is 0 Å². The van der Waals surface area contributed by atoms with Crippen LogP contribution in [0.15, 0.2) is 0 Å². The number of esters is 1. The lowest BCUT2D eigenvalue weighted by Gasteiger charge is -2.44. The molecule has 1 aliphatic carbocycles. The van der Waals surface area contributed by atoms with Crippen molar-refractivity contribution in [3.05, 3.63) is 0 Å². The van der Waals surface area contributed by atoms with E-state index in [-0.39, 0.29) is 11.5 Å². The monoisotopic (exact) mass is 199 g/mol. The van der Waals surface area contributed by atoms with E-state index in [0.717, 1.165) is 25.8 Å². The Balaban J connectivity index is 2.50. The van der Waals surface area contributed by atoms with Gasteiger partial charge in [0.2, 0.25) is 0 Å². The largest absolute Gasteiger partial charge is 0.465 e. The van der Waals surface area contributed by atoms with Gasteiger partial charge < -0.3 is 10.1 Å². The normalized spacial score (nSPS) is 30.9. The molecule has 14 heavy (non-hydrogen) atoms. The lowest BCUT2D eigenvalue weighted by Crippen LogP contribution is -2.61. The summed E-state index contributed by atoms with van der Waals surface area (Å²) < 4.78 is 5.09. The molecule has 0 aliphatic heterocycles. The second kappa shape index (κ2) is 4.78. The third-order valence-corrected chi connectivity index (χ3v) is 2.77. The summed E-state index contributed by atoms with van der Waals surface area (Å²) >= 11 is 0. The lowest BCUT2D eigenvalue weighted by atomic mass is 9.69.